The molecule has 114 valence electrons. The largest absolute Gasteiger partial charge is 0.454 e. The Balaban J connectivity index is 1.77. The number of aryl methyl sites for hydroxylation is 2. The highest BCUT2D eigenvalue weighted by atomic mass is 35.5. The highest BCUT2D eigenvalue weighted by Crippen LogP contribution is 2.32. The van der Waals surface area contributed by atoms with Gasteiger partial charge in [0.2, 0.25) is 0 Å². The van der Waals surface area contributed by atoms with Crippen LogP contribution in [-0.4, -0.2) is 4.98 Å². The number of fused-ring (bicyclic) bond motifs is 1. The molecule has 0 unspecified atom stereocenters. The number of benzene rings is 2. The first-order chi connectivity index (χ1) is 11.1. The molecule has 0 atom stereocenters. The third kappa shape index (κ3) is 2.55. The normalized spacial score (nSPS) is 11.3. The van der Waals surface area contributed by atoms with Crippen LogP contribution in [0.3, 0.4) is 0 Å². The predicted octanol–water partition coefficient (Wildman–Crippen LogP) is 6.37. The first-order valence-electron chi connectivity index (χ1n) is 7.56. The maximum Gasteiger partial charge on any atom is 0.151 e. The molecule has 0 radical (unpaired) electrons. The van der Waals surface area contributed by atoms with E-state index in [2.05, 4.69) is 42.2 Å². The zero-order valence-electron chi connectivity index (χ0n) is 13.0. The lowest BCUT2D eigenvalue weighted by molar-refractivity contribution is 0.626. The van der Waals surface area contributed by atoms with Crippen LogP contribution >= 0.6 is 11.6 Å². The maximum absolute atomic E-state index is 6.13. The molecule has 0 saturated heterocycles. The van der Waals surface area contributed by atoms with Crippen LogP contribution in [0.1, 0.15) is 11.1 Å². The second-order valence-corrected chi connectivity index (χ2v) is 6.34. The number of hydrogen-bond acceptors (Lipinski definition) is 1. The summed E-state index contributed by atoms with van der Waals surface area (Å²) in [6, 6.07) is 18.5. The number of rotatable bonds is 2. The highest BCUT2D eigenvalue weighted by molar-refractivity contribution is 6.31. The molecule has 0 spiro atoms. The fourth-order valence-corrected chi connectivity index (χ4v) is 3.14. The summed E-state index contributed by atoms with van der Waals surface area (Å²) in [5.74, 6) is 0.823. The summed E-state index contributed by atoms with van der Waals surface area (Å²) in [5.41, 5.74) is 6.39. The van der Waals surface area contributed by atoms with Gasteiger partial charge in [0, 0.05) is 16.1 Å². The lowest BCUT2D eigenvalue weighted by Crippen LogP contribution is -1.79. The van der Waals surface area contributed by atoms with Crippen molar-refractivity contribution in [3.8, 4) is 22.7 Å². The van der Waals surface area contributed by atoms with Gasteiger partial charge in [0.1, 0.15) is 5.58 Å². The Morgan fingerprint density at radius 1 is 0.870 bits per heavy atom. The van der Waals surface area contributed by atoms with E-state index in [4.69, 9.17) is 16.0 Å². The van der Waals surface area contributed by atoms with Crippen LogP contribution in [0.2, 0.25) is 5.02 Å². The molecule has 23 heavy (non-hydrogen) atoms. The van der Waals surface area contributed by atoms with Gasteiger partial charge >= 0.3 is 0 Å². The number of H-pyrrole nitrogens is 1. The quantitative estimate of drug-likeness (QED) is 0.457. The summed E-state index contributed by atoms with van der Waals surface area (Å²) >= 11 is 6.13. The van der Waals surface area contributed by atoms with Crippen LogP contribution in [0.5, 0.6) is 0 Å². The van der Waals surface area contributed by atoms with Crippen molar-refractivity contribution in [2.45, 2.75) is 13.8 Å². The first-order valence-corrected chi connectivity index (χ1v) is 7.94. The second kappa shape index (κ2) is 5.32. The average Bonchev–Trinajstić information content (AvgIpc) is 3.14. The fourth-order valence-electron chi connectivity index (χ4n) is 2.86. The van der Waals surface area contributed by atoms with Crippen molar-refractivity contribution in [2.75, 3.05) is 0 Å². The molecule has 0 amide bonds. The Kier molecular flexibility index (Phi) is 3.28. The molecule has 3 heteroatoms. The molecular weight excluding hydrogens is 306 g/mol. The summed E-state index contributed by atoms with van der Waals surface area (Å²) in [5, 5.41) is 1.76. The average molecular weight is 322 g/mol. The van der Waals surface area contributed by atoms with Gasteiger partial charge in [0.25, 0.3) is 0 Å². The Hall–Kier alpha value is -2.45. The van der Waals surface area contributed by atoms with Crippen LogP contribution in [0.4, 0.5) is 0 Å². The standard InChI is InChI=1S/C20H16ClNO/c1-12-3-5-14(6-4-12)17-7-8-18(22-17)19-11-15-10-16(21)9-13(2)20(15)23-19/h3-11,22H,1-2H3. The molecule has 4 rings (SSSR count). The van der Waals surface area contributed by atoms with Crippen LogP contribution in [0, 0.1) is 13.8 Å². The minimum Gasteiger partial charge on any atom is -0.454 e. The van der Waals surface area contributed by atoms with E-state index >= 15 is 0 Å². The first kappa shape index (κ1) is 14.2. The minimum absolute atomic E-state index is 0.731. The summed E-state index contributed by atoms with van der Waals surface area (Å²) in [6.07, 6.45) is 0. The SMILES string of the molecule is Cc1ccc(-c2ccc(-c3cc4cc(Cl)cc(C)c4o3)[nH]2)cc1. The van der Waals surface area contributed by atoms with Crippen LogP contribution < -0.4 is 0 Å². The Morgan fingerprint density at radius 3 is 2.39 bits per heavy atom. The molecule has 0 saturated carbocycles. The van der Waals surface area contributed by atoms with Gasteiger partial charge in [-0.1, -0.05) is 41.4 Å². The van der Waals surface area contributed by atoms with Crippen LogP contribution in [-0.2, 0) is 0 Å². The topological polar surface area (TPSA) is 28.9 Å². The van der Waals surface area contributed by atoms with Gasteiger partial charge in [-0.2, -0.15) is 0 Å². The fraction of sp³-hybridized carbons (Fsp3) is 0.100. The predicted molar refractivity (Wildman–Crippen MR) is 95.9 cm³/mol. The van der Waals surface area contributed by atoms with Crippen molar-refractivity contribution in [2.24, 2.45) is 0 Å². The summed E-state index contributed by atoms with van der Waals surface area (Å²) in [7, 11) is 0. The van der Waals surface area contributed by atoms with Crippen LogP contribution in [0.25, 0.3) is 33.7 Å². The maximum atomic E-state index is 6.13. The van der Waals surface area contributed by atoms with Crippen molar-refractivity contribution in [3.05, 3.63) is 70.7 Å². The number of nitrogens with one attached hydrogen (secondary N) is 1. The third-order valence-electron chi connectivity index (χ3n) is 4.08. The number of hydrogen-bond donors (Lipinski definition) is 1. The molecule has 0 aliphatic heterocycles. The molecule has 2 aromatic heterocycles. The van der Waals surface area contributed by atoms with E-state index in [0.29, 0.717) is 0 Å². The smallest absolute Gasteiger partial charge is 0.151 e. The van der Waals surface area contributed by atoms with Gasteiger partial charge in [-0.3, -0.25) is 0 Å². The third-order valence-corrected chi connectivity index (χ3v) is 4.30. The van der Waals surface area contributed by atoms with E-state index in [9.17, 15) is 0 Å². The Morgan fingerprint density at radius 2 is 1.61 bits per heavy atom. The molecule has 0 bridgehead atoms. The summed E-state index contributed by atoms with van der Waals surface area (Å²) < 4.78 is 6.02. The monoisotopic (exact) mass is 321 g/mol. The van der Waals surface area contributed by atoms with E-state index in [-0.39, 0.29) is 0 Å². The minimum atomic E-state index is 0.731. The van der Waals surface area contributed by atoms with E-state index in [1.54, 1.807) is 0 Å². The lowest BCUT2D eigenvalue weighted by Gasteiger charge is -1.99. The van der Waals surface area contributed by atoms with Gasteiger partial charge in [-0.05, 0) is 55.3 Å². The summed E-state index contributed by atoms with van der Waals surface area (Å²) in [4.78, 5) is 3.43. The summed E-state index contributed by atoms with van der Waals surface area (Å²) in [6.45, 7) is 4.10. The molecule has 2 heterocycles. The van der Waals surface area contributed by atoms with Gasteiger partial charge in [-0.15, -0.1) is 0 Å². The number of furan rings is 1. The molecule has 0 aliphatic rings. The Labute approximate surface area is 139 Å². The van der Waals surface area contributed by atoms with Crippen LogP contribution in [0.15, 0.2) is 59.0 Å². The second-order valence-electron chi connectivity index (χ2n) is 5.90. The number of aromatic amines is 1. The van der Waals surface area contributed by atoms with Gasteiger partial charge < -0.3 is 9.40 Å². The van der Waals surface area contributed by atoms with E-state index in [0.717, 1.165) is 44.3 Å². The van der Waals surface area contributed by atoms with Gasteiger partial charge in [-0.25, -0.2) is 0 Å². The zero-order valence-corrected chi connectivity index (χ0v) is 13.7. The van der Waals surface area contributed by atoms with Crippen molar-refractivity contribution >= 4 is 22.6 Å². The van der Waals surface area contributed by atoms with E-state index in [1.807, 2.05) is 31.2 Å². The zero-order chi connectivity index (χ0) is 16.0. The van der Waals surface area contributed by atoms with Crippen molar-refractivity contribution in [3.63, 3.8) is 0 Å². The number of aromatic nitrogens is 1. The molecule has 2 nitrogen and oxygen atoms in total. The van der Waals surface area contributed by atoms with Crippen molar-refractivity contribution < 1.29 is 4.42 Å². The Bertz CT molecular complexity index is 992. The van der Waals surface area contributed by atoms with Gasteiger partial charge in [0.15, 0.2) is 5.76 Å². The van der Waals surface area contributed by atoms with Gasteiger partial charge in [0.05, 0.1) is 5.69 Å². The molecule has 4 aromatic rings. The highest BCUT2D eigenvalue weighted by Gasteiger charge is 2.11. The molecule has 0 aliphatic carbocycles. The number of halogens is 1. The molecular formula is C20H16ClNO. The molecule has 2 aromatic carbocycles. The molecule has 0 fully saturated rings. The van der Waals surface area contributed by atoms with E-state index < -0.39 is 0 Å². The molecule has 1 N–H and O–H groups in total. The van der Waals surface area contributed by atoms with Crippen molar-refractivity contribution in [1.82, 2.24) is 4.98 Å². The van der Waals surface area contributed by atoms with E-state index in [1.165, 1.54) is 5.56 Å². The lowest BCUT2D eigenvalue weighted by atomic mass is 10.1. The van der Waals surface area contributed by atoms with Crippen molar-refractivity contribution in [1.29, 1.82) is 0 Å².